The molecule has 1 aromatic heterocycles. The van der Waals surface area contributed by atoms with E-state index in [-0.39, 0.29) is 5.75 Å². The molecule has 24 heavy (non-hydrogen) atoms. The topological polar surface area (TPSA) is 76.7 Å². The lowest BCUT2D eigenvalue weighted by molar-refractivity contribution is -0.696. The van der Waals surface area contributed by atoms with E-state index in [2.05, 4.69) is 5.10 Å². The Balaban J connectivity index is 1.92. The molecule has 1 aromatic carbocycles. The fourth-order valence-corrected chi connectivity index (χ4v) is 2.61. The number of benzene rings is 1. The first-order chi connectivity index (χ1) is 11.3. The van der Waals surface area contributed by atoms with Crippen molar-refractivity contribution in [3.8, 4) is 0 Å². The van der Waals surface area contributed by atoms with Gasteiger partial charge < -0.3 is 4.55 Å². The van der Waals surface area contributed by atoms with Crippen LogP contribution in [0.2, 0.25) is 5.02 Å². The molecule has 0 saturated heterocycles. The Kier molecular flexibility index (Phi) is 6.30. The molecule has 0 spiro atoms. The Morgan fingerprint density at radius 3 is 2.42 bits per heavy atom. The van der Waals surface area contributed by atoms with Crippen LogP contribution in [0.25, 0.3) is 0 Å². The van der Waals surface area contributed by atoms with Crippen LogP contribution in [0.5, 0.6) is 0 Å². The van der Waals surface area contributed by atoms with Crippen molar-refractivity contribution in [3.63, 3.8) is 0 Å². The Hall–Kier alpha value is -1.96. The van der Waals surface area contributed by atoms with Crippen molar-refractivity contribution in [2.45, 2.75) is 13.0 Å². The number of aryl methyl sites for hydroxylation is 1. The molecule has 1 heterocycles. The fraction of sp³-hybridized carbons (Fsp3) is 0.250. The van der Waals surface area contributed by atoms with E-state index in [0.29, 0.717) is 18.0 Å². The van der Waals surface area contributed by atoms with E-state index in [9.17, 15) is 13.0 Å². The average Bonchev–Trinajstić information content (AvgIpc) is 2.53. The van der Waals surface area contributed by atoms with Gasteiger partial charge in [-0.25, -0.2) is 13.0 Å². The van der Waals surface area contributed by atoms with Crippen LogP contribution in [0.15, 0.2) is 53.9 Å². The summed E-state index contributed by atoms with van der Waals surface area (Å²) in [5.41, 5.74) is 1.82. The maximum Gasteiger partial charge on any atom is 0.169 e. The molecule has 0 fully saturated rings. The number of hydrogen-bond donors (Lipinski definition) is 0. The highest BCUT2D eigenvalue weighted by molar-refractivity contribution is 7.85. The minimum atomic E-state index is -4.15. The van der Waals surface area contributed by atoms with Gasteiger partial charge in [0, 0.05) is 41.9 Å². The highest BCUT2D eigenvalue weighted by Crippen LogP contribution is 2.16. The summed E-state index contributed by atoms with van der Waals surface area (Å²) in [5.74, 6) is -0.352. The molecule has 2 aromatic rings. The van der Waals surface area contributed by atoms with Crippen LogP contribution in [-0.2, 0) is 16.7 Å². The smallest absolute Gasteiger partial charge is 0.169 e. The maximum atomic E-state index is 10.6. The molecule has 0 unspecified atom stereocenters. The molecule has 0 saturated carbocycles. The Morgan fingerprint density at radius 1 is 1.21 bits per heavy atom. The van der Waals surface area contributed by atoms with Gasteiger partial charge >= 0.3 is 0 Å². The van der Waals surface area contributed by atoms with Crippen molar-refractivity contribution in [3.05, 3.63) is 59.4 Å². The summed E-state index contributed by atoms with van der Waals surface area (Å²) in [5, 5.41) is 6.76. The molecule has 8 heteroatoms. The number of anilines is 1. The largest absolute Gasteiger partial charge is 0.748 e. The summed E-state index contributed by atoms with van der Waals surface area (Å²) in [7, 11) is -2.31. The molecule has 0 bridgehead atoms. The van der Waals surface area contributed by atoms with E-state index >= 15 is 0 Å². The highest BCUT2D eigenvalue weighted by Gasteiger charge is 2.03. The quantitative estimate of drug-likeness (QED) is 0.325. The molecule has 0 amide bonds. The van der Waals surface area contributed by atoms with Gasteiger partial charge in [0.1, 0.15) is 6.54 Å². The molecule has 0 radical (unpaired) electrons. The number of halogens is 1. The third-order valence-corrected chi connectivity index (χ3v) is 4.35. The van der Waals surface area contributed by atoms with Crippen molar-refractivity contribution >= 4 is 33.6 Å². The summed E-state index contributed by atoms with van der Waals surface area (Å²) in [6.07, 6.45) is 5.66. The van der Waals surface area contributed by atoms with Crippen LogP contribution in [0, 0.1) is 0 Å². The second kappa shape index (κ2) is 8.23. The number of pyridine rings is 1. The zero-order valence-electron chi connectivity index (χ0n) is 13.2. The third-order valence-electron chi connectivity index (χ3n) is 3.31. The molecule has 128 valence electrons. The van der Waals surface area contributed by atoms with Crippen molar-refractivity contribution in [2.75, 3.05) is 17.8 Å². The van der Waals surface area contributed by atoms with Gasteiger partial charge in [-0.05, 0) is 24.3 Å². The van der Waals surface area contributed by atoms with E-state index in [1.165, 1.54) is 0 Å². The normalized spacial score (nSPS) is 11.8. The van der Waals surface area contributed by atoms with Crippen molar-refractivity contribution in [2.24, 2.45) is 5.10 Å². The second-order valence-electron chi connectivity index (χ2n) is 5.23. The average molecular weight is 368 g/mol. The minimum absolute atomic E-state index is 0.295. The van der Waals surface area contributed by atoms with E-state index in [0.717, 1.165) is 11.3 Å². The predicted molar refractivity (Wildman–Crippen MR) is 93.3 cm³/mol. The molecule has 6 nitrogen and oxygen atoms in total. The zero-order valence-corrected chi connectivity index (χ0v) is 14.7. The standard InChI is InChI=1S/C16H18ClN3O3S/c1-19(16-5-3-15(17)4-6-16)18-13-14-7-10-20(11-8-14)9-2-12-24(21,22)23/h3-8,10-11,13H,2,9,12H2,1H3. The Labute approximate surface area is 146 Å². The van der Waals surface area contributed by atoms with Crippen LogP contribution in [0.4, 0.5) is 5.69 Å². The van der Waals surface area contributed by atoms with Gasteiger partial charge in [-0.2, -0.15) is 5.10 Å². The number of hydrogen-bond acceptors (Lipinski definition) is 5. The fourth-order valence-electron chi connectivity index (χ4n) is 2.00. The predicted octanol–water partition coefficient (Wildman–Crippen LogP) is 2.03. The SMILES string of the molecule is CN(N=Cc1cc[n+](CCCS(=O)(=O)[O-])cc1)c1ccc(Cl)cc1. The van der Waals surface area contributed by atoms with Gasteiger partial charge in [0.2, 0.25) is 0 Å². The first kappa shape index (κ1) is 18.4. The summed E-state index contributed by atoms with van der Waals surface area (Å²) in [6, 6.07) is 11.1. The molecule has 0 aliphatic heterocycles. The van der Waals surface area contributed by atoms with Gasteiger partial charge in [-0.1, -0.05) is 11.6 Å². The number of aromatic nitrogens is 1. The summed E-state index contributed by atoms with van der Waals surface area (Å²) < 4.78 is 33.5. The number of hydrazone groups is 1. The summed E-state index contributed by atoms with van der Waals surface area (Å²) in [4.78, 5) is 0. The lowest BCUT2D eigenvalue weighted by Gasteiger charge is -2.12. The van der Waals surface area contributed by atoms with Crippen LogP contribution in [0.1, 0.15) is 12.0 Å². The van der Waals surface area contributed by atoms with Gasteiger partial charge in [0.25, 0.3) is 0 Å². The van der Waals surface area contributed by atoms with Gasteiger partial charge in [-0.3, -0.25) is 5.01 Å². The lowest BCUT2D eigenvalue weighted by Crippen LogP contribution is -2.33. The van der Waals surface area contributed by atoms with E-state index in [1.807, 2.05) is 48.3 Å². The maximum absolute atomic E-state index is 10.6. The van der Waals surface area contributed by atoms with E-state index in [1.54, 1.807) is 23.4 Å². The van der Waals surface area contributed by atoms with Crippen molar-refractivity contribution in [1.82, 2.24) is 0 Å². The Morgan fingerprint density at radius 2 is 1.83 bits per heavy atom. The van der Waals surface area contributed by atoms with E-state index in [4.69, 9.17) is 11.6 Å². The van der Waals surface area contributed by atoms with Gasteiger partial charge in [-0.15, -0.1) is 0 Å². The second-order valence-corrected chi connectivity index (χ2v) is 7.19. The minimum Gasteiger partial charge on any atom is -0.748 e. The summed E-state index contributed by atoms with van der Waals surface area (Å²) >= 11 is 5.86. The molecule has 2 rings (SSSR count). The highest BCUT2D eigenvalue weighted by atomic mass is 35.5. The van der Waals surface area contributed by atoms with Crippen LogP contribution >= 0.6 is 11.6 Å². The molecule has 0 aliphatic rings. The van der Waals surface area contributed by atoms with Crippen molar-refractivity contribution in [1.29, 1.82) is 0 Å². The first-order valence-electron chi connectivity index (χ1n) is 7.29. The Bertz CT molecular complexity index is 790. The van der Waals surface area contributed by atoms with Gasteiger partial charge in [0.15, 0.2) is 12.4 Å². The van der Waals surface area contributed by atoms with E-state index < -0.39 is 10.1 Å². The molecule has 0 aliphatic carbocycles. The number of rotatable bonds is 7. The third kappa shape index (κ3) is 6.27. The first-order valence-corrected chi connectivity index (χ1v) is 9.25. The van der Waals surface area contributed by atoms with Gasteiger partial charge in [0.05, 0.1) is 22.0 Å². The zero-order chi connectivity index (χ0) is 17.6. The van der Waals surface area contributed by atoms with Crippen LogP contribution in [0.3, 0.4) is 0 Å². The van der Waals surface area contributed by atoms with Crippen molar-refractivity contribution < 1.29 is 17.5 Å². The summed E-state index contributed by atoms with van der Waals surface area (Å²) in [6.45, 7) is 0.476. The molecular formula is C16H18ClN3O3S. The molecular weight excluding hydrogens is 350 g/mol. The van der Waals surface area contributed by atoms with Crippen LogP contribution < -0.4 is 9.58 Å². The van der Waals surface area contributed by atoms with Crippen LogP contribution in [-0.4, -0.2) is 32.0 Å². The lowest BCUT2D eigenvalue weighted by atomic mass is 10.3. The molecule has 0 atom stereocenters. The molecule has 0 N–H and O–H groups in total. The number of nitrogens with zero attached hydrogens (tertiary/aromatic N) is 3. The monoisotopic (exact) mass is 367 g/mol.